The third-order valence-electron chi connectivity index (χ3n) is 1.69. The molecule has 0 fully saturated rings. The quantitative estimate of drug-likeness (QED) is 0.633. The SMILES string of the molecule is NC(=O)NNC(=O)Cc1ccc(F)cc1F. The molecule has 0 aliphatic heterocycles. The summed E-state index contributed by atoms with van der Waals surface area (Å²) in [4.78, 5) is 21.4. The zero-order chi connectivity index (χ0) is 12.1. The lowest BCUT2D eigenvalue weighted by Crippen LogP contribution is -2.45. The molecule has 0 radical (unpaired) electrons. The monoisotopic (exact) mass is 229 g/mol. The molecular weight excluding hydrogens is 220 g/mol. The van der Waals surface area contributed by atoms with Gasteiger partial charge in [-0.3, -0.25) is 10.2 Å². The van der Waals surface area contributed by atoms with Crippen molar-refractivity contribution >= 4 is 11.9 Å². The Morgan fingerprint density at radius 3 is 2.50 bits per heavy atom. The van der Waals surface area contributed by atoms with Crippen LogP contribution in [0.3, 0.4) is 0 Å². The summed E-state index contributed by atoms with van der Waals surface area (Å²) in [5.41, 5.74) is 8.50. The van der Waals surface area contributed by atoms with Crippen LogP contribution in [0.4, 0.5) is 13.6 Å². The second-order valence-electron chi connectivity index (χ2n) is 2.95. The van der Waals surface area contributed by atoms with Crippen LogP contribution in [-0.4, -0.2) is 11.9 Å². The van der Waals surface area contributed by atoms with E-state index in [9.17, 15) is 18.4 Å². The Bertz CT molecular complexity index is 423. The molecule has 16 heavy (non-hydrogen) atoms. The third kappa shape index (κ3) is 3.52. The van der Waals surface area contributed by atoms with Gasteiger partial charge in [-0.1, -0.05) is 6.07 Å². The van der Waals surface area contributed by atoms with E-state index < -0.39 is 23.6 Å². The number of amides is 3. The van der Waals surface area contributed by atoms with Crippen LogP contribution in [0.15, 0.2) is 18.2 Å². The second kappa shape index (κ2) is 5.06. The van der Waals surface area contributed by atoms with Gasteiger partial charge in [0.25, 0.3) is 0 Å². The van der Waals surface area contributed by atoms with Gasteiger partial charge < -0.3 is 5.73 Å². The molecule has 3 amide bonds. The normalized spacial score (nSPS) is 9.62. The highest BCUT2D eigenvalue weighted by molar-refractivity contribution is 5.81. The lowest BCUT2D eigenvalue weighted by Gasteiger charge is -2.05. The Morgan fingerprint density at radius 1 is 1.25 bits per heavy atom. The van der Waals surface area contributed by atoms with Crippen molar-refractivity contribution in [3.05, 3.63) is 35.4 Å². The molecule has 0 atom stereocenters. The van der Waals surface area contributed by atoms with Gasteiger partial charge >= 0.3 is 6.03 Å². The predicted molar refractivity (Wildman–Crippen MR) is 50.9 cm³/mol. The van der Waals surface area contributed by atoms with Crippen LogP contribution >= 0.6 is 0 Å². The zero-order valence-electron chi connectivity index (χ0n) is 8.09. The van der Waals surface area contributed by atoms with Crippen molar-refractivity contribution < 1.29 is 18.4 Å². The number of carbonyl (C=O) groups excluding carboxylic acids is 2. The molecule has 0 aliphatic carbocycles. The minimum absolute atomic E-state index is 0.0187. The van der Waals surface area contributed by atoms with Crippen molar-refractivity contribution in [2.45, 2.75) is 6.42 Å². The molecule has 0 bridgehead atoms. The molecule has 7 heteroatoms. The van der Waals surface area contributed by atoms with E-state index in [1.807, 2.05) is 10.9 Å². The van der Waals surface area contributed by atoms with Gasteiger partial charge in [-0.25, -0.2) is 19.0 Å². The number of primary amides is 1. The number of halogens is 2. The van der Waals surface area contributed by atoms with Crippen molar-refractivity contribution in [3.63, 3.8) is 0 Å². The Kier molecular flexibility index (Phi) is 3.76. The Morgan fingerprint density at radius 2 is 1.94 bits per heavy atom. The van der Waals surface area contributed by atoms with E-state index in [4.69, 9.17) is 5.73 Å². The highest BCUT2D eigenvalue weighted by Crippen LogP contribution is 2.09. The molecule has 1 rings (SSSR count). The van der Waals surface area contributed by atoms with Gasteiger partial charge in [0.2, 0.25) is 5.91 Å². The average molecular weight is 229 g/mol. The standard InChI is InChI=1S/C9H9F2N3O2/c10-6-2-1-5(7(11)4-6)3-8(15)13-14-9(12)16/h1-2,4H,3H2,(H,13,15)(H3,12,14,16). The van der Waals surface area contributed by atoms with E-state index in [1.165, 1.54) is 0 Å². The maximum Gasteiger partial charge on any atom is 0.330 e. The zero-order valence-corrected chi connectivity index (χ0v) is 8.09. The fourth-order valence-electron chi connectivity index (χ4n) is 1.01. The molecule has 0 unspecified atom stereocenters. The molecule has 0 aliphatic rings. The first-order valence-electron chi connectivity index (χ1n) is 4.27. The molecule has 0 heterocycles. The van der Waals surface area contributed by atoms with Gasteiger partial charge in [0.05, 0.1) is 6.42 Å². The minimum atomic E-state index is -0.937. The number of hydrogen-bond acceptors (Lipinski definition) is 2. The molecule has 5 nitrogen and oxygen atoms in total. The van der Waals surface area contributed by atoms with Crippen LogP contribution in [0.2, 0.25) is 0 Å². The van der Waals surface area contributed by atoms with Crippen molar-refractivity contribution in [2.75, 3.05) is 0 Å². The number of rotatable bonds is 2. The summed E-state index contributed by atoms with van der Waals surface area (Å²) in [6.07, 6.45) is -0.327. The van der Waals surface area contributed by atoms with Gasteiger partial charge in [-0.15, -0.1) is 0 Å². The van der Waals surface area contributed by atoms with Crippen molar-refractivity contribution in [1.82, 2.24) is 10.9 Å². The summed E-state index contributed by atoms with van der Waals surface area (Å²) >= 11 is 0. The van der Waals surface area contributed by atoms with E-state index in [1.54, 1.807) is 0 Å². The maximum atomic E-state index is 13.1. The molecule has 0 aromatic heterocycles. The smallest absolute Gasteiger partial charge is 0.330 e. The molecule has 1 aromatic carbocycles. The number of hydrogen-bond donors (Lipinski definition) is 3. The highest BCUT2D eigenvalue weighted by atomic mass is 19.1. The summed E-state index contributed by atoms with van der Waals surface area (Å²) in [6, 6.07) is 1.92. The van der Waals surface area contributed by atoms with Crippen LogP contribution in [0, 0.1) is 11.6 Å². The number of benzene rings is 1. The molecule has 0 saturated carbocycles. The second-order valence-corrected chi connectivity index (χ2v) is 2.95. The Hall–Kier alpha value is -2.18. The Labute approximate surface area is 89.6 Å². The summed E-state index contributed by atoms with van der Waals surface area (Å²) in [5.74, 6) is -2.21. The van der Waals surface area contributed by atoms with Crippen LogP contribution in [0.1, 0.15) is 5.56 Å². The molecule has 86 valence electrons. The number of hydrazine groups is 1. The first-order valence-corrected chi connectivity index (χ1v) is 4.27. The molecule has 1 aromatic rings. The van der Waals surface area contributed by atoms with E-state index in [-0.39, 0.29) is 12.0 Å². The number of carbonyl (C=O) groups is 2. The maximum absolute atomic E-state index is 13.1. The molecule has 4 N–H and O–H groups in total. The van der Waals surface area contributed by atoms with Crippen molar-refractivity contribution in [1.29, 1.82) is 0 Å². The lowest BCUT2D eigenvalue weighted by molar-refractivity contribution is -0.121. The average Bonchev–Trinajstić information content (AvgIpc) is 2.19. The first kappa shape index (κ1) is 11.9. The summed E-state index contributed by atoms with van der Waals surface area (Å²) < 4.78 is 25.6. The number of nitrogens with two attached hydrogens (primary N) is 1. The van der Waals surface area contributed by atoms with E-state index in [0.717, 1.165) is 12.1 Å². The molecule has 0 saturated heterocycles. The highest BCUT2D eigenvalue weighted by Gasteiger charge is 2.09. The summed E-state index contributed by atoms with van der Waals surface area (Å²) in [7, 11) is 0. The van der Waals surface area contributed by atoms with Crippen LogP contribution < -0.4 is 16.6 Å². The fourth-order valence-corrected chi connectivity index (χ4v) is 1.01. The summed E-state index contributed by atoms with van der Waals surface area (Å²) in [5, 5.41) is 0. The third-order valence-corrected chi connectivity index (χ3v) is 1.69. The topological polar surface area (TPSA) is 84.2 Å². The largest absolute Gasteiger partial charge is 0.350 e. The fraction of sp³-hybridized carbons (Fsp3) is 0.111. The van der Waals surface area contributed by atoms with Crippen LogP contribution in [-0.2, 0) is 11.2 Å². The van der Waals surface area contributed by atoms with Crippen LogP contribution in [0.5, 0.6) is 0 Å². The van der Waals surface area contributed by atoms with Crippen molar-refractivity contribution in [3.8, 4) is 0 Å². The van der Waals surface area contributed by atoms with Gasteiger partial charge in [0.15, 0.2) is 0 Å². The molecule has 0 spiro atoms. The molecular formula is C9H9F2N3O2. The Balaban J connectivity index is 2.59. The van der Waals surface area contributed by atoms with Gasteiger partial charge in [-0.2, -0.15) is 0 Å². The first-order chi connectivity index (χ1) is 7.49. The predicted octanol–water partition coefficient (Wildman–Crippen LogP) is 0.207. The van der Waals surface area contributed by atoms with Crippen LogP contribution in [0.25, 0.3) is 0 Å². The van der Waals surface area contributed by atoms with Gasteiger partial charge in [0, 0.05) is 6.07 Å². The number of urea groups is 1. The lowest BCUT2D eigenvalue weighted by atomic mass is 10.1. The van der Waals surface area contributed by atoms with E-state index in [2.05, 4.69) is 0 Å². The van der Waals surface area contributed by atoms with Crippen molar-refractivity contribution in [2.24, 2.45) is 5.73 Å². The van der Waals surface area contributed by atoms with Gasteiger partial charge in [-0.05, 0) is 11.6 Å². The van der Waals surface area contributed by atoms with E-state index >= 15 is 0 Å². The van der Waals surface area contributed by atoms with E-state index in [0.29, 0.717) is 6.07 Å². The van der Waals surface area contributed by atoms with Gasteiger partial charge in [0.1, 0.15) is 11.6 Å². The number of nitrogens with one attached hydrogen (secondary N) is 2. The minimum Gasteiger partial charge on any atom is -0.350 e. The summed E-state index contributed by atoms with van der Waals surface area (Å²) in [6.45, 7) is 0.